The lowest BCUT2D eigenvalue weighted by Crippen LogP contribution is -2.39. The molecule has 1 N–H and O–H groups in total. The van der Waals surface area contributed by atoms with Crippen molar-refractivity contribution in [3.8, 4) is 11.6 Å². The maximum absolute atomic E-state index is 14.4. The highest BCUT2D eigenvalue weighted by Crippen LogP contribution is 2.38. The number of pyridine rings is 2. The summed E-state index contributed by atoms with van der Waals surface area (Å²) in [7, 11) is 1.64. The van der Waals surface area contributed by atoms with Gasteiger partial charge in [-0.2, -0.15) is 0 Å². The van der Waals surface area contributed by atoms with Crippen molar-refractivity contribution in [2.75, 3.05) is 56.7 Å². The molecular formula is C32H41F2N5O2. The van der Waals surface area contributed by atoms with Crippen LogP contribution in [0.25, 0.3) is 11.0 Å². The van der Waals surface area contributed by atoms with Gasteiger partial charge < -0.3 is 24.6 Å². The van der Waals surface area contributed by atoms with E-state index in [9.17, 15) is 8.78 Å². The lowest BCUT2D eigenvalue weighted by atomic mass is 10.00. The molecule has 7 nitrogen and oxygen atoms in total. The van der Waals surface area contributed by atoms with E-state index in [0.717, 1.165) is 73.9 Å². The van der Waals surface area contributed by atoms with E-state index in [1.165, 1.54) is 44.0 Å². The van der Waals surface area contributed by atoms with Crippen LogP contribution in [0, 0.1) is 11.6 Å². The van der Waals surface area contributed by atoms with Gasteiger partial charge in [0.2, 0.25) is 0 Å². The maximum Gasteiger partial charge on any atom is 0.257 e. The highest BCUT2D eigenvalue weighted by atomic mass is 19.2. The molecule has 3 aromatic rings. The molecule has 1 aromatic carbocycles. The summed E-state index contributed by atoms with van der Waals surface area (Å²) >= 11 is 0. The van der Waals surface area contributed by atoms with Crippen LogP contribution >= 0.6 is 0 Å². The number of rotatable bonds is 9. The summed E-state index contributed by atoms with van der Waals surface area (Å²) in [5.74, 6) is -0.453. The van der Waals surface area contributed by atoms with Crippen LogP contribution in [-0.2, 0) is 12.8 Å². The van der Waals surface area contributed by atoms with Gasteiger partial charge in [-0.1, -0.05) is 12.5 Å². The number of likely N-dealkylation sites (tertiary alicyclic amines) is 1. The molecule has 4 heterocycles. The number of aromatic nitrogens is 2. The maximum atomic E-state index is 14.4. The van der Waals surface area contributed by atoms with Crippen molar-refractivity contribution >= 4 is 22.4 Å². The monoisotopic (exact) mass is 565 g/mol. The fourth-order valence-corrected chi connectivity index (χ4v) is 6.57. The molecule has 0 saturated carbocycles. The third kappa shape index (κ3) is 6.20. The highest BCUT2D eigenvalue weighted by Gasteiger charge is 2.26. The summed E-state index contributed by atoms with van der Waals surface area (Å²) in [5.41, 5.74) is 5.41. The normalized spacial score (nSPS) is 18.4. The molecule has 41 heavy (non-hydrogen) atoms. The predicted octanol–water partition coefficient (Wildman–Crippen LogP) is 6.13. The number of halogens is 2. The average Bonchev–Trinajstić information content (AvgIpc) is 3.40. The number of piperidine rings is 1. The van der Waals surface area contributed by atoms with Crippen LogP contribution in [-0.4, -0.2) is 67.4 Å². The summed E-state index contributed by atoms with van der Waals surface area (Å²) in [5, 5.41) is 3.83. The fourth-order valence-electron chi connectivity index (χ4n) is 6.57. The average molecular weight is 566 g/mol. The smallest absolute Gasteiger partial charge is 0.257 e. The van der Waals surface area contributed by atoms with E-state index in [-0.39, 0.29) is 6.04 Å². The first-order chi connectivity index (χ1) is 20.1. The van der Waals surface area contributed by atoms with Gasteiger partial charge in [0.05, 0.1) is 30.6 Å². The van der Waals surface area contributed by atoms with Crippen molar-refractivity contribution in [3.05, 3.63) is 47.2 Å². The van der Waals surface area contributed by atoms with Crippen LogP contribution in [0.15, 0.2) is 24.3 Å². The molecular weight excluding hydrogens is 524 g/mol. The van der Waals surface area contributed by atoms with Crippen LogP contribution in [0.2, 0.25) is 0 Å². The SMILES string of the molecule is COc1nc2c(NC3CCN(c4cccc(F)c4F)CC3)c3c(nc2cc1OCCCN1CCCC1)CCCCC3. The minimum absolute atomic E-state index is 0.190. The van der Waals surface area contributed by atoms with E-state index in [1.807, 2.05) is 11.0 Å². The molecule has 2 aliphatic heterocycles. The van der Waals surface area contributed by atoms with E-state index >= 15 is 0 Å². The van der Waals surface area contributed by atoms with Gasteiger partial charge in [0.25, 0.3) is 5.88 Å². The standard InChI is InChI=1S/C32H41F2N5O2/c1-40-32-28(41-20-8-17-38-15-5-6-16-38)21-26-31(37-32)30(23-9-3-2-4-11-25(23)36-26)35-22-13-18-39(19-14-22)27-12-7-10-24(33)29(27)34/h7,10,12,21-22H,2-6,8-9,11,13-20H2,1H3,(H,35,36). The number of benzene rings is 1. The Kier molecular flexibility index (Phi) is 8.70. The quantitative estimate of drug-likeness (QED) is 0.247. The second-order valence-electron chi connectivity index (χ2n) is 11.6. The van der Waals surface area contributed by atoms with Gasteiger partial charge in [-0.25, -0.2) is 13.8 Å². The van der Waals surface area contributed by atoms with Crippen LogP contribution in [0.4, 0.5) is 20.2 Å². The molecule has 0 unspecified atom stereocenters. The van der Waals surface area contributed by atoms with E-state index in [0.29, 0.717) is 37.0 Å². The topological polar surface area (TPSA) is 62.8 Å². The van der Waals surface area contributed by atoms with Gasteiger partial charge in [-0.05, 0) is 88.6 Å². The third-order valence-corrected chi connectivity index (χ3v) is 8.80. The molecule has 0 radical (unpaired) electrons. The Balaban J connectivity index is 1.23. The Labute approximate surface area is 241 Å². The van der Waals surface area contributed by atoms with E-state index in [2.05, 4.69) is 10.2 Å². The molecule has 0 spiro atoms. The van der Waals surface area contributed by atoms with Crippen molar-refractivity contribution in [2.24, 2.45) is 0 Å². The zero-order valence-corrected chi connectivity index (χ0v) is 24.1. The van der Waals surface area contributed by atoms with E-state index in [1.54, 1.807) is 19.2 Å². The minimum Gasteiger partial charge on any atom is -0.488 e. The number of anilines is 2. The Hall–Kier alpha value is -3.20. The van der Waals surface area contributed by atoms with Gasteiger partial charge in [-0.3, -0.25) is 4.98 Å². The second-order valence-corrected chi connectivity index (χ2v) is 11.6. The van der Waals surface area contributed by atoms with Crippen molar-refractivity contribution in [1.29, 1.82) is 0 Å². The minimum atomic E-state index is -0.802. The lowest BCUT2D eigenvalue weighted by molar-refractivity contribution is 0.252. The zero-order valence-electron chi connectivity index (χ0n) is 24.1. The summed E-state index contributed by atoms with van der Waals surface area (Å²) in [6.07, 6.45) is 10.5. The Morgan fingerprint density at radius 2 is 1.78 bits per heavy atom. The molecule has 3 aliphatic rings. The van der Waals surface area contributed by atoms with Crippen LogP contribution in [0.3, 0.4) is 0 Å². The van der Waals surface area contributed by atoms with Crippen molar-refractivity contribution in [1.82, 2.24) is 14.9 Å². The molecule has 0 bridgehead atoms. The number of fused-ring (bicyclic) bond motifs is 2. The van der Waals surface area contributed by atoms with Crippen molar-refractivity contribution in [2.45, 2.75) is 70.3 Å². The summed E-state index contributed by atoms with van der Waals surface area (Å²) in [6.45, 7) is 5.33. The first-order valence-electron chi connectivity index (χ1n) is 15.3. The molecule has 9 heteroatoms. The molecule has 0 amide bonds. The third-order valence-electron chi connectivity index (χ3n) is 8.80. The number of nitrogens with one attached hydrogen (secondary N) is 1. The molecule has 2 aromatic heterocycles. The Morgan fingerprint density at radius 3 is 2.59 bits per heavy atom. The molecule has 2 saturated heterocycles. The summed E-state index contributed by atoms with van der Waals surface area (Å²) in [6, 6.07) is 6.57. The first-order valence-corrected chi connectivity index (χ1v) is 15.3. The van der Waals surface area contributed by atoms with E-state index in [4.69, 9.17) is 19.4 Å². The number of hydrogen-bond acceptors (Lipinski definition) is 7. The number of nitrogens with zero attached hydrogens (tertiary/aromatic N) is 4. The predicted molar refractivity (Wildman–Crippen MR) is 158 cm³/mol. The van der Waals surface area contributed by atoms with Crippen LogP contribution in [0.1, 0.15) is 62.6 Å². The Bertz CT molecular complexity index is 1360. The summed E-state index contributed by atoms with van der Waals surface area (Å²) < 4.78 is 40.2. The van der Waals surface area contributed by atoms with Gasteiger partial charge >= 0.3 is 0 Å². The number of methoxy groups -OCH3 is 1. The van der Waals surface area contributed by atoms with Crippen LogP contribution < -0.4 is 19.7 Å². The zero-order chi connectivity index (χ0) is 28.2. The number of hydrogen-bond donors (Lipinski definition) is 1. The van der Waals surface area contributed by atoms with Gasteiger partial charge in [0, 0.05) is 37.4 Å². The molecule has 2 fully saturated rings. The van der Waals surface area contributed by atoms with Crippen molar-refractivity contribution in [3.63, 3.8) is 0 Å². The first kappa shape index (κ1) is 27.9. The van der Waals surface area contributed by atoms with Gasteiger partial charge in [0.1, 0.15) is 5.52 Å². The second kappa shape index (κ2) is 12.8. The fraction of sp³-hybridized carbons (Fsp3) is 0.562. The molecule has 0 atom stereocenters. The Morgan fingerprint density at radius 1 is 0.976 bits per heavy atom. The number of ether oxygens (including phenoxy) is 2. The van der Waals surface area contributed by atoms with E-state index < -0.39 is 11.6 Å². The van der Waals surface area contributed by atoms with Gasteiger partial charge in [-0.15, -0.1) is 0 Å². The molecule has 1 aliphatic carbocycles. The van der Waals surface area contributed by atoms with Crippen LogP contribution in [0.5, 0.6) is 11.6 Å². The lowest BCUT2D eigenvalue weighted by Gasteiger charge is -2.35. The highest BCUT2D eigenvalue weighted by molar-refractivity contribution is 5.91. The number of aryl methyl sites for hydroxylation is 1. The molecule has 220 valence electrons. The van der Waals surface area contributed by atoms with Crippen molar-refractivity contribution < 1.29 is 18.3 Å². The largest absolute Gasteiger partial charge is 0.488 e. The summed E-state index contributed by atoms with van der Waals surface area (Å²) in [4.78, 5) is 14.5. The van der Waals surface area contributed by atoms with Gasteiger partial charge in [0.15, 0.2) is 17.4 Å². The molecule has 6 rings (SSSR count).